The molecule has 182 valence electrons. The van der Waals surface area contributed by atoms with Crippen molar-refractivity contribution in [3.63, 3.8) is 0 Å². The molecule has 0 unspecified atom stereocenters. The average Bonchev–Trinajstić information content (AvgIpc) is 3.72. The van der Waals surface area contributed by atoms with Crippen LogP contribution in [0.1, 0.15) is 29.9 Å². The van der Waals surface area contributed by atoms with Gasteiger partial charge in [0.25, 0.3) is 0 Å². The average molecular weight is 490 g/mol. The van der Waals surface area contributed by atoms with Crippen LogP contribution in [0.2, 0.25) is 0 Å². The maximum atomic E-state index is 13.9. The van der Waals surface area contributed by atoms with Gasteiger partial charge >= 0.3 is 12.2 Å². The number of amides is 2. The minimum Gasteiger partial charge on any atom is -0.345 e. The number of carbonyl (C=O) groups excluding carboxylic acids is 1. The van der Waals surface area contributed by atoms with Crippen LogP contribution in [0.4, 0.5) is 41.1 Å². The number of carbonyl (C=O) groups is 1. The van der Waals surface area contributed by atoms with Crippen LogP contribution in [0.3, 0.4) is 0 Å². The second-order valence-electron chi connectivity index (χ2n) is 8.96. The number of benzene rings is 2. The SMILES string of the molecule is O=C1N(c2ccc3ncccc3c2)Cc2cnc(NCC(F)(F)F)nc2N1c1ccc(C2CC2)cc1. The van der Waals surface area contributed by atoms with Gasteiger partial charge in [-0.1, -0.05) is 18.2 Å². The molecule has 4 aromatic rings. The number of anilines is 4. The number of hydrogen-bond acceptors (Lipinski definition) is 5. The summed E-state index contributed by atoms with van der Waals surface area (Å²) in [6.45, 7) is -1.09. The van der Waals surface area contributed by atoms with E-state index in [2.05, 4.69) is 20.3 Å². The van der Waals surface area contributed by atoms with E-state index >= 15 is 0 Å². The number of alkyl halides is 3. The first-order chi connectivity index (χ1) is 17.4. The monoisotopic (exact) mass is 490 g/mol. The molecule has 2 amide bonds. The summed E-state index contributed by atoms with van der Waals surface area (Å²) in [7, 11) is 0. The first kappa shape index (κ1) is 22.3. The summed E-state index contributed by atoms with van der Waals surface area (Å²) in [5.41, 5.74) is 3.88. The van der Waals surface area contributed by atoms with Crippen molar-refractivity contribution < 1.29 is 18.0 Å². The highest BCUT2D eigenvalue weighted by atomic mass is 19.4. The van der Waals surface area contributed by atoms with Crippen LogP contribution in [0, 0.1) is 0 Å². The quantitative estimate of drug-likeness (QED) is 0.363. The van der Waals surface area contributed by atoms with Gasteiger partial charge in [-0.05, 0) is 60.7 Å². The topological polar surface area (TPSA) is 74.2 Å². The summed E-state index contributed by atoms with van der Waals surface area (Å²) in [4.78, 5) is 29.6. The van der Waals surface area contributed by atoms with E-state index in [1.165, 1.54) is 16.7 Å². The Bertz CT molecular complexity index is 1450. The fraction of sp³-hybridized carbons (Fsp3) is 0.231. The van der Waals surface area contributed by atoms with Crippen molar-refractivity contribution >= 4 is 40.1 Å². The molecule has 1 aliphatic heterocycles. The zero-order valence-corrected chi connectivity index (χ0v) is 19.0. The lowest BCUT2D eigenvalue weighted by Gasteiger charge is -2.36. The van der Waals surface area contributed by atoms with E-state index in [1.54, 1.807) is 11.1 Å². The minimum absolute atomic E-state index is 0.177. The molecule has 1 N–H and O–H groups in total. The van der Waals surface area contributed by atoms with E-state index in [1.807, 2.05) is 54.6 Å². The van der Waals surface area contributed by atoms with E-state index in [0.29, 0.717) is 22.9 Å². The van der Waals surface area contributed by atoms with Crippen LogP contribution >= 0.6 is 0 Å². The molecule has 6 rings (SSSR count). The molecule has 2 aromatic heterocycles. The Morgan fingerprint density at radius 3 is 2.53 bits per heavy atom. The maximum Gasteiger partial charge on any atom is 0.405 e. The van der Waals surface area contributed by atoms with Gasteiger partial charge < -0.3 is 5.32 Å². The number of nitrogens with one attached hydrogen (secondary N) is 1. The lowest BCUT2D eigenvalue weighted by atomic mass is 10.1. The summed E-state index contributed by atoms with van der Waals surface area (Å²) >= 11 is 0. The second-order valence-corrected chi connectivity index (χ2v) is 8.96. The molecule has 0 atom stereocenters. The smallest absolute Gasteiger partial charge is 0.345 e. The number of nitrogens with zero attached hydrogens (tertiary/aromatic N) is 5. The summed E-state index contributed by atoms with van der Waals surface area (Å²) in [5.74, 6) is 0.618. The molecule has 0 bridgehead atoms. The predicted molar refractivity (Wildman–Crippen MR) is 130 cm³/mol. The van der Waals surface area contributed by atoms with Gasteiger partial charge in [0.2, 0.25) is 5.95 Å². The van der Waals surface area contributed by atoms with Crippen LogP contribution < -0.4 is 15.1 Å². The summed E-state index contributed by atoms with van der Waals surface area (Å²) in [6.07, 6.45) is 1.05. The van der Waals surface area contributed by atoms with Gasteiger partial charge in [0.05, 0.1) is 17.7 Å². The van der Waals surface area contributed by atoms with E-state index in [4.69, 9.17) is 0 Å². The lowest BCUT2D eigenvalue weighted by molar-refractivity contribution is -0.115. The highest BCUT2D eigenvalue weighted by Gasteiger charge is 2.35. The Morgan fingerprint density at radius 1 is 1.00 bits per heavy atom. The third kappa shape index (κ3) is 4.30. The van der Waals surface area contributed by atoms with E-state index in [-0.39, 0.29) is 24.3 Å². The number of rotatable bonds is 5. The van der Waals surface area contributed by atoms with Crippen molar-refractivity contribution in [1.82, 2.24) is 15.0 Å². The number of hydrogen-bond donors (Lipinski definition) is 1. The Kier molecular flexibility index (Phi) is 5.24. The van der Waals surface area contributed by atoms with Crippen LogP contribution in [0.25, 0.3) is 10.9 Å². The zero-order valence-electron chi connectivity index (χ0n) is 19.0. The molecular formula is C26H21F3N6O. The molecule has 7 nitrogen and oxygen atoms in total. The fourth-order valence-corrected chi connectivity index (χ4v) is 4.39. The Balaban J connectivity index is 1.41. The van der Waals surface area contributed by atoms with E-state index in [9.17, 15) is 18.0 Å². The maximum absolute atomic E-state index is 13.9. The minimum atomic E-state index is -4.42. The van der Waals surface area contributed by atoms with Gasteiger partial charge in [0.1, 0.15) is 6.54 Å². The number of halogens is 3. The molecule has 3 heterocycles. The Hall–Kier alpha value is -4.21. The largest absolute Gasteiger partial charge is 0.405 e. The summed E-state index contributed by atoms with van der Waals surface area (Å²) < 4.78 is 38.2. The Morgan fingerprint density at radius 2 is 1.78 bits per heavy atom. The first-order valence-corrected chi connectivity index (χ1v) is 11.6. The number of aromatic nitrogens is 3. The molecule has 1 saturated carbocycles. The van der Waals surface area contributed by atoms with E-state index in [0.717, 1.165) is 23.7 Å². The first-order valence-electron chi connectivity index (χ1n) is 11.6. The number of pyridine rings is 1. The molecule has 36 heavy (non-hydrogen) atoms. The van der Waals surface area contributed by atoms with Gasteiger partial charge in [-0.2, -0.15) is 18.2 Å². The fourth-order valence-electron chi connectivity index (χ4n) is 4.39. The molecule has 0 spiro atoms. The highest BCUT2D eigenvalue weighted by molar-refractivity contribution is 6.10. The molecule has 2 aromatic carbocycles. The van der Waals surface area contributed by atoms with E-state index < -0.39 is 12.7 Å². The van der Waals surface area contributed by atoms with Gasteiger partial charge in [0.15, 0.2) is 5.82 Å². The molecule has 0 saturated heterocycles. The summed E-state index contributed by atoms with van der Waals surface area (Å²) in [6, 6.07) is 16.7. The molecule has 1 fully saturated rings. The van der Waals surface area contributed by atoms with Crippen molar-refractivity contribution in [2.24, 2.45) is 0 Å². The third-order valence-corrected chi connectivity index (χ3v) is 6.35. The van der Waals surface area contributed by atoms with Crippen LogP contribution in [-0.4, -0.2) is 33.7 Å². The second kappa shape index (κ2) is 8.47. The number of fused-ring (bicyclic) bond motifs is 2. The number of urea groups is 1. The Labute approximate surface area is 204 Å². The van der Waals surface area contributed by atoms with Crippen LogP contribution in [0.15, 0.2) is 67.0 Å². The van der Waals surface area contributed by atoms with Crippen molar-refractivity contribution in [3.8, 4) is 0 Å². The third-order valence-electron chi connectivity index (χ3n) is 6.35. The molecule has 0 radical (unpaired) electrons. The van der Waals surface area contributed by atoms with Gasteiger partial charge in [-0.15, -0.1) is 0 Å². The molecule has 2 aliphatic rings. The van der Waals surface area contributed by atoms with Gasteiger partial charge in [0, 0.05) is 29.0 Å². The van der Waals surface area contributed by atoms with Crippen LogP contribution in [-0.2, 0) is 6.54 Å². The zero-order chi connectivity index (χ0) is 24.9. The van der Waals surface area contributed by atoms with Crippen molar-refractivity contribution in [1.29, 1.82) is 0 Å². The molecule has 1 aliphatic carbocycles. The standard InChI is InChI=1S/C26H21F3N6O/c27-26(28,29)15-32-24-31-13-19-14-34(21-9-10-22-18(12-21)2-1-11-30-22)25(36)35(23(19)33-24)20-7-5-17(6-8-20)16-3-4-16/h1-2,5-13,16H,3-4,14-15H2,(H,31,32,33). The molecule has 10 heteroatoms. The van der Waals surface area contributed by atoms with Gasteiger partial charge in [-0.25, -0.2) is 14.7 Å². The van der Waals surface area contributed by atoms with Crippen LogP contribution in [0.5, 0.6) is 0 Å². The van der Waals surface area contributed by atoms with Crippen molar-refractivity contribution in [2.45, 2.75) is 31.5 Å². The predicted octanol–water partition coefficient (Wildman–Crippen LogP) is 6.15. The highest BCUT2D eigenvalue weighted by Crippen LogP contribution is 2.42. The van der Waals surface area contributed by atoms with Gasteiger partial charge in [-0.3, -0.25) is 9.88 Å². The summed E-state index contributed by atoms with van der Waals surface area (Å²) in [5, 5.41) is 3.10. The molecular weight excluding hydrogens is 469 g/mol. The van der Waals surface area contributed by atoms with Crippen molar-refractivity contribution in [3.05, 3.63) is 78.1 Å². The van der Waals surface area contributed by atoms with Crippen molar-refractivity contribution in [2.75, 3.05) is 21.7 Å². The lowest BCUT2D eigenvalue weighted by Crippen LogP contribution is -2.45. The normalized spacial score (nSPS) is 15.8.